The number of rotatable bonds is 9. The second-order valence-electron chi connectivity index (χ2n) is 11.4. The highest BCUT2D eigenvalue weighted by atomic mass is 32.1. The van der Waals surface area contributed by atoms with E-state index in [4.69, 9.17) is 4.74 Å². The predicted molar refractivity (Wildman–Crippen MR) is 182 cm³/mol. The van der Waals surface area contributed by atoms with Gasteiger partial charge in [0, 0.05) is 19.4 Å². The van der Waals surface area contributed by atoms with Crippen LogP contribution in [0.25, 0.3) is 10.2 Å². The smallest absolute Gasteiger partial charge is 0.436 e. The summed E-state index contributed by atoms with van der Waals surface area (Å²) in [5.74, 6) is -1.26. The van der Waals surface area contributed by atoms with Crippen LogP contribution in [0.4, 0.5) is 16.3 Å². The van der Waals surface area contributed by atoms with Crippen LogP contribution in [0, 0.1) is 0 Å². The Kier molecular flexibility index (Phi) is 8.86. The lowest BCUT2D eigenvalue weighted by Gasteiger charge is -2.26. The van der Waals surface area contributed by atoms with Crippen LogP contribution >= 0.6 is 11.3 Å². The Morgan fingerprint density at radius 3 is 2.25 bits per heavy atom. The first-order valence-electron chi connectivity index (χ1n) is 14.9. The van der Waals surface area contributed by atoms with Crippen molar-refractivity contribution in [3.63, 3.8) is 0 Å². The third-order valence-corrected chi connectivity index (χ3v) is 8.67. The van der Waals surface area contributed by atoms with Gasteiger partial charge in [0.1, 0.15) is 11.4 Å². The van der Waals surface area contributed by atoms with Crippen molar-refractivity contribution in [1.82, 2.24) is 24.6 Å². The number of aryl methyl sites for hydroxylation is 1. The molecule has 0 bridgehead atoms. The number of imidazole rings is 1. The van der Waals surface area contributed by atoms with E-state index in [1.807, 2.05) is 74.5 Å². The minimum Gasteiger partial charge on any atom is -0.443 e. The van der Waals surface area contributed by atoms with E-state index < -0.39 is 23.4 Å². The number of thiophene rings is 1. The Bertz CT molecular complexity index is 2130. The summed E-state index contributed by atoms with van der Waals surface area (Å²) in [4.78, 5) is 58.1. The SMILES string of the molecule is Cn1ccnc1C(=O)Nc1ccccc1C(=O)Nc1nn(C(=O)OCc2ccccc2)c2sc(C(=O)NC(C)(C)c3ccccc3)cc12. The molecule has 0 saturated heterocycles. The van der Waals surface area contributed by atoms with Crippen molar-refractivity contribution in [1.29, 1.82) is 0 Å². The molecule has 3 aromatic carbocycles. The van der Waals surface area contributed by atoms with Crippen molar-refractivity contribution in [2.24, 2.45) is 7.05 Å². The normalized spacial score (nSPS) is 11.2. The van der Waals surface area contributed by atoms with E-state index in [0.29, 0.717) is 15.1 Å². The fraction of sp³-hybridized carbons (Fsp3) is 0.143. The third kappa shape index (κ3) is 6.71. The number of ether oxygens (including phenoxy) is 1. The molecular formula is C35H31N7O5S. The molecule has 13 heteroatoms. The number of anilines is 2. The first-order valence-corrected chi connectivity index (χ1v) is 15.7. The summed E-state index contributed by atoms with van der Waals surface area (Å²) in [5, 5.41) is 13.3. The number of benzene rings is 3. The van der Waals surface area contributed by atoms with E-state index in [2.05, 4.69) is 26.0 Å². The molecule has 0 aliphatic rings. The van der Waals surface area contributed by atoms with E-state index in [9.17, 15) is 19.2 Å². The number of nitrogens with one attached hydrogen (secondary N) is 3. The molecule has 3 aromatic heterocycles. The third-order valence-electron chi connectivity index (χ3n) is 7.56. The van der Waals surface area contributed by atoms with Gasteiger partial charge in [-0.05, 0) is 43.2 Å². The maximum absolute atomic E-state index is 13.7. The molecule has 6 rings (SSSR count). The minimum atomic E-state index is -0.787. The van der Waals surface area contributed by atoms with Crippen LogP contribution in [0.1, 0.15) is 55.6 Å². The maximum atomic E-state index is 13.7. The summed E-state index contributed by atoms with van der Waals surface area (Å²) in [6.45, 7) is 3.79. The molecule has 242 valence electrons. The number of hydrogen-bond acceptors (Lipinski definition) is 8. The average molecular weight is 662 g/mol. The quantitative estimate of drug-likeness (QED) is 0.167. The van der Waals surface area contributed by atoms with Crippen molar-refractivity contribution in [2.75, 3.05) is 10.6 Å². The molecule has 3 amide bonds. The van der Waals surface area contributed by atoms with Gasteiger partial charge in [-0.15, -0.1) is 16.4 Å². The van der Waals surface area contributed by atoms with Crippen LogP contribution in [-0.4, -0.2) is 43.1 Å². The van der Waals surface area contributed by atoms with Crippen LogP contribution in [0.15, 0.2) is 103 Å². The van der Waals surface area contributed by atoms with E-state index in [0.717, 1.165) is 27.1 Å². The molecule has 3 N–H and O–H groups in total. The van der Waals surface area contributed by atoms with Gasteiger partial charge in [-0.25, -0.2) is 9.78 Å². The number of carbonyl (C=O) groups is 4. The summed E-state index contributed by atoms with van der Waals surface area (Å²) in [6.07, 6.45) is 2.35. The molecule has 3 heterocycles. The van der Waals surface area contributed by atoms with Gasteiger partial charge in [0.15, 0.2) is 11.6 Å². The lowest BCUT2D eigenvalue weighted by molar-refractivity contribution is 0.0915. The van der Waals surface area contributed by atoms with Gasteiger partial charge in [0.25, 0.3) is 17.7 Å². The molecule has 0 atom stereocenters. The number of nitrogens with zero attached hydrogens (tertiary/aromatic N) is 4. The van der Waals surface area contributed by atoms with Crippen molar-refractivity contribution < 1.29 is 23.9 Å². The molecule has 0 saturated carbocycles. The zero-order chi connectivity index (χ0) is 33.8. The number of hydrogen-bond donors (Lipinski definition) is 3. The summed E-state index contributed by atoms with van der Waals surface area (Å²) in [6, 6.07) is 26.8. The van der Waals surface area contributed by atoms with Crippen LogP contribution in [0.2, 0.25) is 0 Å². The lowest BCUT2D eigenvalue weighted by Crippen LogP contribution is -2.40. The number of amides is 3. The number of fused-ring (bicyclic) bond motifs is 1. The average Bonchev–Trinajstić information content (AvgIpc) is 3.81. The van der Waals surface area contributed by atoms with Crippen molar-refractivity contribution in [3.8, 4) is 0 Å². The van der Waals surface area contributed by atoms with E-state index in [-0.39, 0.29) is 35.4 Å². The van der Waals surface area contributed by atoms with Crippen LogP contribution in [0.5, 0.6) is 0 Å². The van der Waals surface area contributed by atoms with Gasteiger partial charge in [-0.3, -0.25) is 14.4 Å². The van der Waals surface area contributed by atoms with Gasteiger partial charge >= 0.3 is 6.09 Å². The highest BCUT2D eigenvalue weighted by molar-refractivity contribution is 7.20. The van der Waals surface area contributed by atoms with Crippen LogP contribution in [-0.2, 0) is 23.9 Å². The second-order valence-corrected chi connectivity index (χ2v) is 12.4. The van der Waals surface area contributed by atoms with Crippen LogP contribution in [0.3, 0.4) is 0 Å². The first-order chi connectivity index (χ1) is 23.1. The van der Waals surface area contributed by atoms with Crippen molar-refractivity contribution in [3.05, 3.63) is 131 Å². The second kappa shape index (κ2) is 13.3. The monoisotopic (exact) mass is 661 g/mol. The summed E-state index contributed by atoms with van der Waals surface area (Å²) < 4.78 is 8.13. The van der Waals surface area contributed by atoms with Crippen molar-refractivity contribution >= 4 is 56.9 Å². The molecule has 6 aromatic rings. The Balaban J connectivity index is 1.30. The zero-order valence-electron chi connectivity index (χ0n) is 26.3. The lowest BCUT2D eigenvalue weighted by atomic mass is 9.94. The highest BCUT2D eigenvalue weighted by Gasteiger charge is 2.28. The molecule has 0 aliphatic heterocycles. The van der Waals surface area contributed by atoms with E-state index in [1.54, 1.807) is 48.1 Å². The standard InChI is InChI=1S/C35H31N7O5S/c1-35(2,23-14-8-5-9-15-23)39-31(44)27-20-25-28(40-42(33(25)48-27)34(46)47-21-22-12-6-4-7-13-22)38-30(43)24-16-10-11-17-26(24)37-32(45)29-36-18-19-41(29)3/h4-20H,21H2,1-3H3,(H,37,45)(H,39,44)(H,38,40,43). The molecule has 0 aliphatic carbocycles. The van der Waals surface area contributed by atoms with Crippen molar-refractivity contribution in [2.45, 2.75) is 26.0 Å². The summed E-state index contributed by atoms with van der Waals surface area (Å²) in [7, 11) is 1.69. The van der Waals surface area contributed by atoms with Gasteiger partial charge in [-0.2, -0.15) is 4.68 Å². The maximum Gasteiger partial charge on any atom is 0.436 e. The summed E-state index contributed by atoms with van der Waals surface area (Å²) >= 11 is 1.04. The van der Waals surface area contributed by atoms with Gasteiger partial charge in [-0.1, -0.05) is 72.8 Å². The number of para-hydroxylation sites is 1. The first kappa shape index (κ1) is 31.9. The fourth-order valence-electron chi connectivity index (χ4n) is 5.02. The number of aromatic nitrogens is 4. The molecular weight excluding hydrogens is 630 g/mol. The molecule has 48 heavy (non-hydrogen) atoms. The van der Waals surface area contributed by atoms with E-state index in [1.165, 1.54) is 6.20 Å². The predicted octanol–water partition coefficient (Wildman–Crippen LogP) is 6.19. The van der Waals surface area contributed by atoms with E-state index >= 15 is 0 Å². The Morgan fingerprint density at radius 2 is 1.54 bits per heavy atom. The zero-order valence-corrected chi connectivity index (χ0v) is 27.1. The fourth-order valence-corrected chi connectivity index (χ4v) is 6.01. The molecule has 0 spiro atoms. The molecule has 0 unspecified atom stereocenters. The highest BCUT2D eigenvalue weighted by Crippen LogP contribution is 2.33. The Labute approximate surface area is 279 Å². The van der Waals surface area contributed by atoms with Crippen LogP contribution < -0.4 is 16.0 Å². The minimum absolute atomic E-state index is 0.00419. The Morgan fingerprint density at radius 1 is 0.854 bits per heavy atom. The van der Waals surface area contributed by atoms with Gasteiger partial charge in [0.2, 0.25) is 0 Å². The number of carbonyl (C=O) groups excluding carboxylic acids is 4. The summed E-state index contributed by atoms with van der Waals surface area (Å²) in [5.41, 5.74) is 1.38. The molecule has 0 fully saturated rings. The van der Waals surface area contributed by atoms with Gasteiger partial charge in [0.05, 0.1) is 27.1 Å². The molecule has 12 nitrogen and oxygen atoms in total. The molecule has 0 radical (unpaired) electrons. The largest absolute Gasteiger partial charge is 0.443 e. The van der Waals surface area contributed by atoms with Gasteiger partial charge < -0.3 is 25.3 Å². The topological polar surface area (TPSA) is 149 Å². The Hall–Kier alpha value is -6.08.